The molecule has 3 N–H and O–H groups in total. The summed E-state index contributed by atoms with van der Waals surface area (Å²) >= 11 is 0. The van der Waals surface area contributed by atoms with Crippen molar-refractivity contribution in [1.82, 2.24) is 14.9 Å². The summed E-state index contributed by atoms with van der Waals surface area (Å²) in [4.78, 5) is 16.1. The Balaban J connectivity index is 2.02. The van der Waals surface area contributed by atoms with Crippen LogP contribution < -0.4 is 10.6 Å². The first-order valence-electron chi connectivity index (χ1n) is 8.23. The van der Waals surface area contributed by atoms with Crippen LogP contribution in [0.5, 0.6) is 5.75 Å². The Hall–Kier alpha value is -3.49. The number of imidazole rings is 1. The van der Waals surface area contributed by atoms with E-state index in [2.05, 4.69) is 15.6 Å². The second kappa shape index (κ2) is 7.26. The molecule has 0 bridgehead atoms. The summed E-state index contributed by atoms with van der Waals surface area (Å²) < 4.78 is 39.9. The van der Waals surface area contributed by atoms with E-state index >= 15 is 0 Å². The average Bonchev–Trinajstić information content (AvgIpc) is 3.15. The number of aromatic hydroxyl groups is 1. The number of halogens is 3. The lowest BCUT2D eigenvalue weighted by Gasteiger charge is -2.12. The quantitative estimate of drug-likeness (QED) is 0.635. The molecule has 0 radical (unpaired) electrons. The molecule has 1 amide bonds. The van der Waals surface area contributed by atoms with Gasteiger partial charge in [0.2, 0.25) is 0 Å². The van der Waals surface area contributed by atoms with Gasteiger partial charge in [0, 0.05) is 31.4 Å². The number of rotatable bonds is 4. The van der Waals surface area contributed by atoms with E-state index in [0.717, 1.165) is 6.07 Å². The molecule has 0 fully saturated rings. The van der Waals surface area contributed by atoms with Crippen LogP contribution in [0.15, 0.2) is 48.9 Å². The van der Waals surface area contributed by atoms with Gasteiger partial charge in [0.15, 0.2) is 0 Å². The van der Waals surface area contributed by atoms with Crippen molar-refractivity contribution < 1.29 is 23.1 Å². The molecular formula is C19H17F3N4O2. The molecule has 0 aliphatic rings. The molecule has 1 aromatic heterocycles. The third kappa shape index (κ3) is 3.64. The van der Waals surface area contributed by atoms with Crippen LogP contribution in [0.4, 0.5) is 18.9 Å². The molecule has 0 unspecified atom stereocenters. The topological polar surface area (TPSA) is 79.2 Å². The predicted molar refractivity (Wildman–Crippen MR) is 98.6 cm³/mol. The number of alkyl halides is 3. The van der Waals surface area contributed by atoms with Crippen LogP contribution in [-0.2, 0) is 6.18 Å². The van der Waals surface area contributed by atoms with Crippen molar-refractivity contribution in [3.05, 3.63) is 60.0 Å². The lowest BCUT2D eigenvalue weighted by atomic mass is 10.1. The number of aromatic nitrogens is 2. The smallest absolute Gasteiger partial charge is 0.416 e. The third-order valence-electron chi connectivity index (χ3n) is 4.22. The Morgan fingerprint density at radius 3 is 2.50 bits per heavy atom. The number of carbonyl (C=O) groups excluding carboxylic acids is 1. The summed E-state index contributed by atoms with van der Waals surface area (Å²) in [5.41, 5.74) is 1.29. The maximum Gasteiger partial charge on any atom is 0.416 e. The van der Waals surface area contributed by atoms with E-state index in [1.807, 2.05) is 0 Å². The molecule has 146 valence electrons. The van der Waals surface area contributed by atoms with Crippen molar-refractivity contribution in [2.75, 3.05) is 19.4 Å². The van der Waals surface area contributed by atoms with Crippen molar-refractivity contribution in [2.45, 2.75) is 6.18 Å². The number of benzene rings is 2. The first-order chi connectivity index (χ1) is 13.2. The zero-order chi connectivity index (χ0) is 20.5. The summed E-state index contributed by atoms with van der Waals surface area (Å²) in [6.45, 7) is 0. The van der Waals surface area contributed by atoms with Gasteiger partial charge in [-0.2, -0.15) is 13.2 Å². The van der Waals surface area contributed by atoms with E-state index < -0.39 is 17.5 Å². The monoisotopic (exact) mass is 390 g/mol. The molecule has 3 aromatic rings. The maximum atomic E-state index is 12.8. The molecule has 0 aliphatic heterocycles. The maximum absolute atomic E-state index is 12.8. The minimum Gasteiger partial charge on any atom is -0.507 e. The fraction of sp³-hybridized carbons (Fsp3) is 0.158. The fourth-order valence-corrected chi connectivity index (χ4v) is 2.76. The van der Waals surface area contributed by atoms with E-state index in [0.29, 0.717) is 28.7 Å². The Morgan fingerprint density at radius 1 is 1.14 bits per heavy atom. The van der Waals surface area contributed by atoms with Gasteiger partial charge in [-0.05, 0) is 36.4 Å². The van der Waals surface area contributed by atoms with E-state index in [9.17, 15) is 23.1 Å². The van der Waals surface area contributed by atoms with Gasteiger partial charge in [-0.1, -0.05) is 0 Å². The number of phenols is 1. The van der Waals surface area contributed by atoms with Crippen LogP contribution in [0, 0.1) is 0 Å². The van der Waals surface area contributed by atoms with Gasteiger partial charge < -0.3 is 20.3 Å². The van der Waals surface area contributed by atoms with Crippen molar-refractivity contribution in [1.29, 1.82) is 0 Å². The lowest BCUT2D eigenvalue weighted by Crippen LogP contribution is -2.18. The standard InChI is InChI=1S/C19H17F3N4O2/c1-23-14-6-3-11(18(28)24-2)7-16(14)26-9-15(25-10-26)13-5-4-12(8-17(13)27)19(20,21)22/h3-10,23,27H,1-2H3,(H,24,28). The number of phenolic OH excluding ortho intramolecular Hbond substituents is 1. The van der Waals surface area contributed by atoms with Gasteiger partial charge in [0.1, 0.15) is 5.75 Å². The van der Waals surface area contributed by atoms with Gasteiger partial charge in [0.25, 0.3) is 5.91 Å². The molecule has 0 saturated carbocycles. The Labute approximate surface area is 158 Å². The van der Waals surface area contributed by atoms with Crippen LogP contribution in [0.1, 0.15) is 15.9 Å². The van der Waals surface area contributed by atoms with Crippen molar-refractivity contribution in [2.24, 2.45) is 0 Å². The number of hydrogen-bond donors (Lipinski definition) is 3. The molecule has 3 rings (SSSR count). The molecule has 2 aromatic carbocycles. The largest absolute Gasteiger partial charge is 0.507 e. The molecule has 0 atom stereocenters. The summed E-state index contributed by atoms with van der Waals surface area (Å²) in [6, 6.07) is 7.77. The molecular weight excluding hydrogens is 373 g/mol. The Morgan fingerprint density at radius 2 is 1.89 bits per heavy atom. The fourth-order valence-electron chi connectivity index (χ4n) is 2.76. The van der Waals surface area contributed by atoms with Crippen molar-refractivity contribution in [3.8, 4) is 22.7 Å². The van der Waals surface area contributed by atoms with Crippen LogP contribution in [0.3, 0.4) is 0 Å². The Bertz CT molecular complexity index is 1030. The molecule has 28 heavy (non-hydrogen) atoms. The van der Waals surface area contributed by atoms with Gasteiger partial charge >= 0.3 is 6.18 Å². The minimum atomic E-state index is -4.54. The summed E-state index contributed by atoms with van der Waals surface area (Å²) in [5, 5.41) is 15.6. The first-order valence-corrected chi connectivity index (χ1v) is 8.23. The minimum absolute atomic E-state index is 0.167. The van der Waals surface area contributed by atoms with Gasteiger partial charge in [0.05, 0.1) is 29.0 Å². The summed E-state index contributed by atoms with van der Waals surface area (Å²) in [7, 11) is 3.24. The molecule has 6 nitrogen and oxygen atoms in total. The second-order valence-corrected chi connectivity index (χ2v) is 5.96. The zero-order valence-corrected chi connectivity index (χ0v) is 15.0. The van der Waals surface area contributed by atoms with E-state index in [-0.39, 0.29) is 11.5 Å². The number of anilines is 1. The summed E-state index contributed by atoms with van der Waals surface area (Å²) in [5.74, 6) is -0.780. The number of hydrogen-bond acceptors (Lipinski definition) is 4. The molecule has 9 heteroatoms. The second-order valence-electron chi connectivity index (χ2n) is 5.96. The van der Waals surface area contributed by atoms with Crippen LogP contribution in [0.25, 0.3) is 16.9 Å². The molecule has 0 saturated heterocycles. The van der Waals surface area contributed by atoms with Gasteiger partial charge in [-0.15, -0.1) is 0 Å². The SMILES string of the molecule is CNC(=O)c1ccc(NC)c(-n2cnc(-c3ccc(C(F)(F)F)cc3O)c2)c1. The van der Waals surface area contributed by atoms with E-state index in [4.69, 9.17) is 0 Å². The normalized spacial score (nSPS) is 11.3. The predicted octanol–water partition coefficient (Wildman–Crippen LogP) is 3.67. The van der Waals surface area contributed by atoms with Crippen LogP contribution in [0.2, 0.25) is 0 Å². The summed E-state index contributed by atoms with van der Waals surface area (Å²) in [6.07, 6.45) is -1.53. The van der Waals surface area contributed by atoms with Crippen LogP contribution >= 0.6 is 0 Å². The Kier molecular flexibility index (Phi) is 5.00. The molecule has 0 spiro atoms. The van der Waals surface area contributed by atoms with Crippen molar-refractivity contribution >= 4 is 11.6 Å². The third-order valence-corrected chi connectivity index (χ3v) is 4.22. The van der Waals surface area contributed by atoms with Gasteiger partial charge in [-0.25, -0.2) is 4.98 Å². The highest BCUT2D eigenvalue weighted by molar-refractivity contribution is 5.95. The molecule has 0 aliphatic carbocycles. The lowest BCUT2D eigenvalue weighted by molar-refractivity contribution is -0.137. The van der Waals surface area contributed by atoms with E-state index in [1.165, 1.54) is 19.4 Å². The number of nitrogens with zero attached hydrogens (tertiary/aromatic N) is 2. The number of amides is 1. The number of carbonyl (C=O) groups is 1. The highest BCUT2D eigenvalue weighted by Gasteiger charge is 2.31. The molecule has 1 heterocycles. The van der Waals surface area contributed by atoms with E-state index in [1.54, 1.807) is 36.0 Å². The zero-order valence-electron chi connectivity index (χ0n) is 15.0. The highest BCUT2D eigenvalue weighted by Crippen LogP contribution is 2.36. The highest BCUT2D eigenvalue weighted by atomic mass is 19.4. The average molecular weight is 390 g/mol. The van der Waals surface area contributed by atoms with Crippen LogP contribution in [-0.4, -0.2) is 34.7 Å². The first kappa shape index (κ1) is 19.3. The van der Waals surface area contributed by atoms with Crippen molar-refractivity contribution in [3.63, 3.8) is 0 Å². The van der Waals surface area contributed by atoms with Gasteiger partial charge in [-0.3, -0.25) is 4.79 Å². The number of nitrogens with one attached hydrogen (secondary N) is 2.